The molecule has 3 rings (SSSR count). The van der Waals surface area contributed by atoms with Crippen molar-refractivity contribution in [1.82, 2.24) is 0 Å². The fraction of sp³-hybridized carbons (Fsp3) is 0.588. The summed E-state index contributed by atoms with van der Waals surface area (Å²) in [5.74, 6) is -1.14. The van der Waals surface area contributed by atoms with Crippen LogP contribution >= 0.6 is 0 Å². The van der Waals surface area contributed by atoms with Gasteiger partial charge in [-0.05, 0) is 61.1 Å². The number of aryl methyl sites for hydroxylation is 1. The number of carboxylic acid groups (broad SMARTS) is 1. The Kier molecular flexibility index (Phi) is 3.39. The number of benzene rings is 1. The zero-order valence-electron chi connectivity index (χ0n) is 13.3. The number of aliphatic carboxylic acids is 1. The van der Waals surface area contributed by atoms with Gasteiger partial charge in [0, 0.05) is 6.07 Å². The lowest BCUT2D eigenvalue weighted by Gasteiger charge is -2.53. The van der Waals surface area contributed by atoms with Crippen LogP contribution < -0.4 is 0 Å². The molecule has 2 unspecified atom stereocenters. The van der Waals surface area contributed by atoms with E-state index in [2.05, 4.69) is 0 Å². The van der Waals surface area contributed by atoms with Gasteiger partial charge >= 0.3 is 11.7 Å². The lowest BCUT2D eigenvalue weighted by Crippen LogP contribution is -2.52. The molecule has 3 atom stereocenters. The minimum Gasteiger partial charge on any atom is -0.502 e. The molecular formula is C17H21NO5. The summed E-state index contributed by atoms with van der Waals surface area (Å²) in [6.07, 6.45) is 3.60. The Morgan fingerprint density at radius 1 is 1.35 bits per heavy atom. The van der Waals surface area contributed by atoms with E-state index >= 15 is 0 Å². The van der Waals surface area contributed by atoms with Gasteiger partial charge < -0.3 is 10.2 Å². The number of phenols is 1. The second kappa shape index (κ2) is 4.94. The van der Waals surface area contributed by atoms with E-state index in [9.17, 15) is 25.1 Å². The standard InChI is InChI=1S/C17H21NO5/c1-16-6-3-7-17(2,15(20)21)14(16)5-4-10-8-12(18(22)23)13(19)9-11(10)16/h8-9,14,19H,3-7H2,1-2H3,(H,20,21)/t14?,16?,17-/m0/s1. The van der Waals surface area contributed by atoms with Gasteiger partial charge in [-0.25, -0.2) is 0 Å². The summed E-state index contributed by atoms with van der Waals surface area (Å²) < 4.78 is 0. The molecule has 2 N–H and O–H groups in total. The predicted molar refractivity (Wildman–Crippen MR) is 83.5 cm³/mol. The fourth-order valence-electron chi connectivity index (χ4n) is 4.89. The Labute approximate surface area is 134 Å². The van der Waals surface area contributed by atoms with E-state index in [-0.39, 0.29) is 22.8 Å². The number of hydrogen-bond donors (Lipinski definition) is 2. The average Bonchev–Trinajstić information content (AvgIpc) is 2.46. The third kappa shape index (κ3) is 2.11. The van der Waals surface area contributed by atoms with Gasteiger partial charge in [-0.3, -0.25) is 14.9 Å². The van der Waals surface area contributed by atoms with E-state index in [4.69, 9.17) is 0 Å². The number of aromatic hydroxyl groups is 1. The number of carbonyl (C=O) groups is 1. The summed E-state index contributed by atoms with van der Waals surface area (Å²) >= 11 is 0. The molecule has 0 heterocycles. The van der Waals surface area contributed by atoms with E-state index in [1.54, 1.807) is 0 Å². The van der Waals surface area contributed by atoms with Crippen molar-refractivity contribution in [2.75, 3.05) is 0 Å². The number of rotatable bonds is 2. The van der Waals surface area contributed by atoms with Gasteiger partial charge in [0.05, 0.1) is 10.3 Å². The van der Waals surface area contributed by atoms with E-state index in [1.807, 2.05) is 13.8 Å². The summed E-state index contributed by atoms with van der Waals surface area (Å²) in [6, 6.07) is 2.95. The number of nitro benzene ring substituents is 1. The second-order valence-electron chi connectivity index (χ2n) is 7.34. The largest absolute Gasteiger partial charge is 0.502 e. The number of carboxylic acids is 1. The molecule has 23 heavy (non-hydrogen) atoms. The molecule has 0 aliphatic heterocycles. The van der Waals surface area contributed by atoms with Gasteiger partial charge in [0.1, 0.15) is 0 Å². The van der Waals surface area contributed by atoms with Crippen LogP contribution in [0, 0.1) is 21.4 Å². The van der Waals surface area contributed by atoms with E-state index in [0.29, 0.717) is 19.3 Å². The molecule has 0 saturated heterocycles. The highest BCUT2D eigenvalue weighted by Crippen LogP contribution is 2.58. The SMILES string of the molecule is CC12CCC[C@](C)(C(=O)O)C1CCc1cc([N+](=O)[O-])c(O)cc12. The Hall–Kier alpha value is -2.11. The molecule has 124 valence electrons. The van der Waals surface area contributed by atoms with Gasteiger partial charge in [0.15, 0.2) is 5.75 Å². The molecular weight excluding hydrogens is 298 g/mol. The quantitative estimate of drug-likeness (QED) is 0.642. The lowest BCUT2D eigenvalue weighted by atomic mass is 9.50. The molecule has 0 spiro atoms. The highest BCUT2D eigenvalue weighted by Gasteiger charge is 2.55. The van der Waals surface area contributed by atoms with Crippen LogP contribution in [0.2, 0.25) is 0 Å². The topological polar surface area (TPSA) is 101 Å². The molecule has 0 radical (unpaired) electrons. The van der Waals surface area contributed by atoms with Crippen LogP contribution in [-0.2, 0) is 16.6 Å². The maximum Gasteiger partial charge on any atom is 0.310 e. The normalized spacial score (nSPS) is 32.7. The monoisotopic (exact) mass is 319 g/mol. The van der Waals surface area contributed by atoms with Crippen LogP contribution in [-0.4, -0.2) is 21.1 Å². The van der Waals surface area contributed by atoms with Gasteiger partial charge in [-0.1, -0.05) is 13.3 Å². The first-order valence-electron chi connectivity index (χ1n) is 7.94. The van der Waals surface area contributed by atoms with Crippen LogP contribution in [0.25, 0.3) is 0 Å². The van der Waals surface area contributed by atoms with E-state index in [1.165, 1.54) is 12.1 Å². The molecule has 6 nitrogen and oxygen atoms in total. The van der Waals surface area contributed by atoms with Crippen molar-refractivity contribution in [2.24, 2.45) is 11.3 Å². The first-order chi connectivity index (χ1) is 10.7. The average molecular weight is 319 g/mol. The maximum absolute atomic E-state index is 11.9. The Balaban J connectivity index is 2.15. The molecule has 0 bridgehead atoms. The van der Waals surface area contributed by atoms with Crippen molar-refractivity contribution in [3.05, 3.63) is 33.4 Å². The molecule has 2 aliphatic rings. The Morgan fingerprint density at radius 2 is 2.04 bits per heavy atom. The minimum absolute atomic E-state index is 0.0328. The van der Waals surface area contributed by atoms with E-state index in [0.717, 1.165) is 24.0 Å². The smallest absolute Gasteiger partial charge is 0.310 e. The maximum atomic E-state index is 11.9. The minimum atomic E-state index is -0.790. The van der Waals surface area contributed by atoms with Gasteiger partial charge in [0.2, 0.25) is 0 Å². The van der Waals surface area contributed by atoms with Crippen LogP contribution in [0.5, 0.6) is 5.75 Å². The highest BCUT2D eigenvalue weighted by atomic mass is 16.6. The van der Waals surface area contributed by atoms with Crippen molar-refractivity contribution < 1.29 is 19.9 Å². The summed E-state index contributed by atoms with van der Waals surface area (Å²) in [7, 11) is 0. The number of hydrogen-bond acceptors (Lipinski definition) is 4. The molecule has 1 aromatic rings. The van der Waals surface area contributed by atoms with Crippen LogP contribution in [0.15, 0.2) is 12.1 Å². The number of fused-ring (bicyclic) bond motifs is 3. The molecule has 0 amide bonds. The third-order valence-corrected chi connectivity index (χ3v) is 6.13. The van der Waals surface area contributed by atoms with Crippen molar-refractivity contribution in [2.45, 2.75) is 51.4 Å². The number of nitrogens with zero attached hydrogens (tertiary/aromatic N) is 1. The fourth-order valence-corrected chi connectivity index (χ4v) is 4.89. The molecule has 1 saturated carbocycles. The van der Waals surface area contributed by atoms with Gasteiger partial charge in [-0.2, -0.15) is 0 Å². The molecule has 1 aromatic carbocycles. The Morgan fingerprint density at radius 3 is 2.65 bits per heavy atom. The first kappa shape index (κ1) is 15.8. The van der Waals surface area contributed by atoms with Gasteiger partial charge in [0.25, 0.3) is 0 Å². The zero-order chi connectivity index (χ0) is 17.0. The van der Waals surface area contributed by atoms with Crippen LogP contribution in [0.3, 0.4) is 0 Å². The van der Waals surface area contributed by atoms with Crippen molar-refractivity contribution in [1.29, 1.82) is 0 Å². The van der Waals surface area contributed by atoms with Crippen molar-refractivity contribution >= 4 is 11.7 Å². The molecule has 0 aromatic heterocycles. The van der Waals surface area contributed by atoms with Crippen LogP contribution in [0.4, 0.5) is 5.69 Å². The lowest BCUT2D eigenvalue weighted by molar-refractivity contribution is -0.386. The molecule has 6 heteroatoms. The summed E-state index contributed by atoms with van der Waals surface area (Å²) in [5.41, 5.74) is 0.308. The molecule has 1 fully saturated rings. The van der Waals surface area contributed by atoms with Crippen molar-refractivity contribution in [3.63, 3.8) is 0 Å². The molecule has 2 aliphatic carbocycles. The van der Waals surface area contributed by atoms with Crippen LogP contribution in [0.1, 0.15) is 50.7 Å². The Bertz CT molecular complexity index is 700. The zero-order valence-corrected chi connectivity index (χ0v) is 13.3. The number of phenolic OH excluding ortho intramolecular Hbond substituents is 1. The van der Waals surface area contributed by atoms with Crippen molar-refractivity contribution in [3.8, 4) is 5.75 Å². The first-order valence-corrected chi connectivity index (χ1v) is 7.94. The second-order valence-corrected chi connectivity index (χ2v) is 7.34. The summed E-state index contributed by atoms with van der Waals surface area (Å²) in [6.45, 7) is 3.86. The highest BCUT2D eigenvalue weighted by molar-refractivity contribution is 5.75. The number of nitro groups is 1. The third-order valence-electron chi connectivity index (χ3n) is 6.13. The van der Waals surface area contributed by atoms with E-state index < -0.39 is 16.3 Å². The van der Waals surface area contributed by atoms with Gasteiger partial charge in [-0.15, -0.1) is 0 Å². The summed E-state index contributed by atoms with van der Waals surface area (Å²) in [5, 5.41) is 30.8. The summed E-state index contributed by atoms with van der Waals surface area (Å²) in [4.78, 5) is 22.3. The predicted octanol–water partition coefficient (Wildman–Crippen LogP) is 3.40.